The first-order valence-corrected chi connectivity index (χ1v) is 7.68. The highest BCUT2D eigenvalue weighted by Crippen LogP contribution is 2.46. The second-order valence-electron chi connectivity index (χ2n) is 5.21. The van der Waals surface area contributed by atoms with Crippen LogP contribution in [0, 0.1) is 5.82 Å². The predicted molar refractivity (Wildman–Crippen MR) is 77.8 cm³/mol. The first-order chi connectivity index (χ1) is 8.47. The molecule has 100 valence electrons. The fourth-order valence-electron chi connectivity index (χ4n) is 2.39. The van der Waals surface area contributed by atoms with Crippen molar-refractivity contribution in [2.45, 2.75) is 43.7 Å². The van der Waals surface area contributed by atoms with E-state index in [0.717, 1.165) is 24.1 Å². The number of hydrogen-bond donors (Lipinski definition) is 1. The highest BCUT2D eigenvalue weighted by Gasteiger charge is 2.37. The van der Waals surface area contributed by atoms with Crippen LogP contribution in [0.5, 0.6) is 0 Å². The molecule has 1 aliphatic rings. The smallest absolute Gasteiger partial charge is 0.146 e. The van der Waals surface area contributed by atoms with Gasteiger partial charge in [-0.15, -0.1) is 11.8 Å². The summed E-state index contributed by atoms with van der Waals surface area (Å²) in [5.74, 6) is 0.444. The standard InChI is InChI=1S/C14H19ClFNS/c1-4-7-17-13-9-5-6-11(15)12(16)10(9)8-18-14(13,2)3/h5-6,13,17H,4,7-8H2,1-3H3. The maximum atomic E-state index is 14.1. The summed E-state index contributed by atoms with van der Waals surface area (Å²) in [5, 5.41) is 3.76. The van der Waals surface area contributed by atoms with Gasteiger partial charge in [0.2, 0.25) is 0 Å². The molecule has 2 rings (SSSR count). The first kappa shape index (κ1) is 14.2. The molecule has 0 amide bonds. The molecule has 1 aromatic rings. The van der Waals surface area contributed by atoms with Crippen LogP contribution in [-0.2, 0) is 5.75 Å². The summed E-state index contributed by atoms with van der Waals surface area (Å²) in [6, 6.07) is 3.82. The number of rotatable bonds is 3. The van der Waals surface area contributed by atoms with E-state index in [9.17, 15) is 4.39 Å². The molecule has 1 atom stereocenters. The predicted octanol–water partition coefficient (Wildman–Crippen LogP) is 4.55. The lowest BCUT2D eigenvalue weighted by molar-refractivity contribution is 0.435. The molecule has 0 saturated carbocycles. The van der Waals surface area contributed by atoms with Gasteiger partial charge in [-0.2, -0.15) is 0 Å². The molecule has 1 heterocycles. The quantitative estimate of drug-likeness (QED) is 0.875. The number of nitrogens with one attached hydrogen (secondary N) is 1. The summed E-state index contributed by atoms with van der Waals surface area (Å²) in [6.45, 7) is 7.50. The molecule has 1 unspecified atom stereocenters. The van der Waals surface area contributed by atoms with Gasteiger partial charge >= 0.3 is 0 Å². The van der Waals surface area contributed by atoms with Crippen LogP contribution in [0.25, 0.3) is 0 Å². The zero-order valence-electron chi connectivity index (χ0n) is 11.0. The van der Waals surface area contributed by atoms with Crippen LogP contribution in [-0.4, -0.2) is 11.3 Å². The Morgan fingerprint density at radius 2 is 2.22 bits per heavy atom. The number of benzene rings is 1. The molecule has 0 aliphatic carbocycles. The van der Waals surface area contributed by atoms with Gasteiger partial charge in [0.15, 0.2) is 0 Å². The normalized spacial score (nSPS) is 21.7. The molecular weight excluding hydrogens is 269 g/mol. The van der Waals surface area contributed by atoms with Gasteiger partial charge in [-0.1, -0.05) is 24.6 Å². The van der Waals surface area contributed by atoms with Crippen molar-refractivity contribution in [2.24, 2.45) is 0 Å². The average Bonchev–Trinajstić information content (AvgIpc) is 2.32. The van der Waals surface area contributed by atoms with Crippen molar-refractivity contribution in [3.05, 3.63) is 34.1 Å². The topological polar surface area (TPSA) is 12.0 Å². The van der Waals surface area contributed by atoms with Crippen LogP contribution in [0.3, 0.4) is 0 Å². The Labute approximate surface area is 117 Å². The summed E-state index contributed by atoms with van der Waals surface area (Å²) in [7, 11) is 0. The minimum absolute atomic E-state index is 0.0719. The Hall–Kier alpha value is -0.250. The molecule has 18 heavy (non-hydrogen) atoms. The number of thioether (sulfide) groups is 1. The lowest BCUT2D eigenvalue weighted by Gasteiger charge is -2.40. The van der Waals surface area contributed by atoms with E-state index in [1.54, 1.807) is 17.8 Å². The molecule has 1 aromatic carbocycles. The van der Waals surface area contributed by atoms with Crippen molar-refractivity contribution < 1.29 is 4.39 Å². The maximum Gasteiger partial charge on any atom is 0.146 e. The molecule has 1 nitrogen and oxygen atoms in total. The van der Waals surface area contributed by atoms with E-state index in [0.29, 0.717) is 5.75 Å². The third-order valence-electron chi connectivity index (χ3n) is 3.43. The van der Waals surface area contributed by atoms with Gasteiger partial charge in [0.05, 0.1) is 5.02 Å². The van der Waals surface area contributed by atoms with Crippen molar-refractivity contribution in [3.63, 3.8) is 0 Å². The van der Waals surface area contributed by atoms with Crippen LogP contribution >= 0.6 is 23.4 Å². The molecule has 0 saturated heterocycles. The van der Waals surface area contributed by atoms with Crippen molar-refractivity contribution in [1.29, 1.82) is 0 Å². The number of hydrogen-bond acceptors (Lipinski definition) is 2. The van der Waals surface area contributed by atoms with Crippen molar-refractivity contribution in [2.75, 3.05) is 6.54 Å². The summed E-state index contributed by atoms with van der Waals surface area (Å²) in [5.41, 5.74) is 1.83. The van der Waals surface area contributed by atoms with Crippen molar-refractivity contribution in [3.8, 4) is 0 Å². The van der Waals surface area contributed by atoms with E-state index in [2.05, 4.69) is 26.1 Å². The first-order valence-electron chi connectivity index (χ1n) is 6.31. The van der Waals surface area contributed by atoms with E-state index in [1.807, 2.05) is 6.07 Å². The molecule has 1 N–H and O–H groups in total. The third kappa shape index (κ3) is 2.54. The fraction of sp³-hybridized carbons (Fsp3) is 0.571. The van der Waals surface area contributed by atoms with Crippen molar-refractivity contribution in [1.82, 2.24) is 5.32 Å². The van der Waals surface area contributed by atoms with Gasteiger partial charge in [0.25, 0.3) is 0 Å². The van der Waals surface area contributed by atoms with E-state index >= 15 is 0 Å². The van der Waals surface area contributed by atoms with Gasteiger partial charge in [0, 0.05) is 22.1 Å². The molecular formula is C14H19ClFNS. The van der Waals surface area contributed by atoms with Gasteiger partial charge in [-0.3, -0.25) is 0 Å². The average molecular weight is 288 g/mol. The monoisotopic (exact) mass is 287 g/mol. The summed E-state index contributed by atoms with van der Waals surface area (Å²) >= 11 is 7.65. The van der Waals surface area contributed by atoms with Crippen LogP contribution in [0.1, 0.15) is 44.4 Å². The lowest BCUT2D eigenvalue weighted by Crippen LogP contribution is -2.40. The Balaban J connectivity index is 2.42. The van der Waals surface area contributed by atoms with Gasteiger partial charge in [-0.25, -0.2) is 4.39 Å². The highest BCUT2D eigenvalue weighted by molar-refractivity contribution is 8.00. The van der Waals surface area contributed by atoms with E-state index < -0.39 is 0 Å². The molecule has 0 fully saturated rings. The van der Waals surface area contributed by atoms with Crippen molar-refractivity contribution >= 4 is 23.4 Å². The molecule has 0 radical (unpaired) electrons. The second kappa shape index (κ2) is 5.40. The number of halogens is 2. The van der Waals surface area contributed by atoms with Crippen LogP contribution in [0.2, 0.25) is 5.02 Å². The maximum absolute atomic E-state index is 14.1. The summed E-state index contributed by atoms with van der Waals surface area (Å²) in [4.78, 5) is 0. The third-order valence-corrected chi connectivity index (χ3v) is 5.13. The minimum atomic E-state index is -0.250. The molecule has 1 aliphatic heterocycles. The SMILES string of the molecule is CCCNC1c2ccc(Cl)c(F)c2CSC1(C)C. The Kier molecular flexibility index (Phi) is 4.25. The van der Waals surface area contributed by atoms with Crippen LogP contribution in [0.4, 0.5) is 4.39 Å². The van der Waals surface area contributed by atoms with Crippen LogP contribution in [0.15, 0.2) is 12.1 Å². The second-order valence-corrected chi connectivity index (χ2v) is 7.25. The highest BCUT2D eigenvalue weighted by atomic mass is 35.5. The number of fused-ring (bicyclic) bond motifs is 1. The Morgan fingerprint density at radius 3 is 2.89 bits per heavy atom. The summed E-state index contributed by atoms with van der Waals surface area (Å²) in [6.07, 6.45) is 1.07. The molecule has 0 spiro atoms. The molecule has 0 bridgehead atoms. The zero-order valence-corrected chi connectivity index (χ0v) is 12.6. The van der Waals surface area contributed by atoms with E-state index in [-0.39, 0.29) is 21.6 Å². The Morgan fingerprint density at radius 1 is 1.50 bits per heavy atom. The lowest BCUT2D eigenvalue weighted by atomic mass is 9.90. The van der Waals surface area contributed by atoms with Gasteiger partial charge in [-0.05, 0) is 38.4 Å². The minimum Gasteiger partial charge on any atom is -0.309 e. The van der Waals surface area contributed by atoms with Gasteiger partial charge in [0.1, 0.15) is 5.82 Å². The van der Waals surface area contributed by atoms with Gasteiger partial charge < -0.3 is 5.32 Å². The Bertz CT molecular complexity index is 448. The summed E-state index contributed by atoms with van der Waals surface area (Å²) < 4.78 is 14.1. The van der Waals surface area contributed by atoms with E-state index in [1.165, 1.54) is 0 Å². The zero-order chi connectivity index (χ0) is 13.3. The largest absolute Gasteiger partial charge is 0.309 e. The van der Waals surface area contributed by atoms with E-state index in [4.69, 9.17) is 11.6 Å². The molecule has 0 aromatic heterocycles. The molecule has 4 heteroatoms. The fourth-order valence-corrected chi connectivity index (χ4v) is 3.75. The van der Waals surface area contributed by atoms with Crippen LogP contribution < -0.4 is 5.32 Å².